The van der Waals surface area contributed by atoms with Crippen molar-refractivity contribution in [3.8, 4) is 5.75 Å². The molecule has 1 aliphatic heterocycles. The van der Waals surface area contributed by atoms with Gasteiger partial charge in [0.1, 0.15) is 17.9 Å². The van der Waals surface area contributed by atoms with E-state index in [0.29, 0.717) is 6.04 Å². The van der Waals surface area contributed by atoms with Gasteiger partial charge in [-0.2, -0.15) is 5.10 Å². The van der Waals surface area contributed by atoms with Crippen LogP contribution >= 0.6 is 0 Å². The molecule has 1 saturated carbocycles. The molecular weight excluding hydrogens is 376 g/mol. The fourth-order valence-corrected chi connectivity index (χ4v) is 4.96. The molecule has 3 aromatic rings. The molecule has 0 N–H and O–H groups in total. The monoisotopic (exact) mass is 406 g/mol. The van der Waals surface area contributed by atoms with E-state index >= 15 is 0 Å². The molecule has 0 bridgehead atoms. The fraction of sp³-hybridized carbons (Fsp3) is 0.522. The maximum Gasteiger partial charge on any atom is 0.163 e. The standard InChI is InChI=1S/C23H30N6O/c1-30-21-11-6-5-10-20(21)27-12-7-13-28(15-14-27)22-19-16-26-29(23(19)25-17-24-22)18-8-3-2-4-9-18/h5-6,10-11,16-18H,2-4,7-9,12-15H2,1H3. The molecular formula is C23H30N6O. The molecule has 2 aromatic heterocycles. The van der Waals surface area contributed by atoms with Gasteiger partial charge in [-0.1, -0.05) is 31.4 Å². The van der Waals surface area contributed by atoms with Crippen LogP contribution < -0.4 is 14.5 Å². The van der Waals surface area contributed by atoms with E-state index in [2.05, 4.69) is 36.6 Å². The zero-order valence-electron chi connectivity index (χ0n) is 17.7. The van der Waals surface area contributed by atoms with Gasteiger partial charge >= 0.3 is 0 Å². The number of anilines is 2. The van der Waals surface area contributed by atoms with E-state index in [9.17, 15) is 0 Å². The molecule has 5 rings (SSSR count). The second-order valence-electron chi connectivity index (χ2n) is 8.32. The number of methoxy groups -OCH3 is 1. The lowest BCUT2D eigenvalue weighted by molar-refractivity contribution is 0.336. The summed E-state index contributed by atoms with van der Waals surface area (Å²) in [5.41, 5.74) is 2.15. The number of nitrogens with zero attached hydrogens (tertiary/aromatic N) is 6. The lowest BCUT2D eigenvalue weighted by Gasteiger charge is -2.26. The summed E-state index contributed by atoms with van der Waals surface area (Å²) in [5.74, 6) is 1.95. The molecule has 0 radical (unpaired) electrons. The van der Waals surface area contributed by atoms with Crippen molar-refractivity contribution < 1.29 is 4.74 Å². The third kappa shape index (κ3) is 3.57. The number of fused-ring (bicyclic) bond motifs is 1. The van der Waals surface area contributed by atoms with Gasteiger partial charge in [-0.3, -0.25) is 0 Å². The summed E-state index contributed by atoms with van der Waals surface area (Å²) in [6.45, 7) is 3.83. The predicted octanol–water partition coefficient (Wildman–Crippen LogP) is 4.06. The maximum absolute atomic E-state index is 5.58. The summed E-state index contributed by atoms with van der Waals surface area (Å²) < 4.78 is 7.73. The van der Waals surface area contributed by atoms with Crippen molar-refractivity contribution in [1.29, 1.82) is 0 Å². The summed E-state index contributed by atoms with van der Waals surface area (Å²) >= 11 is 0. The van der Waals surface area contributed by atoms with Crippen LogP contribution in [0.5, 0.6) is 5.75 Å². The van der Waals surface area contributed by atoms with Gasteiger partial charge in [0.2, 0.25) is 0 Å². The minimum atomic E-state index is 0.476. The number of ether oxygens (including phenoxy) is 1. The van der Waals surface area contributed by atoms with E-state index in [1.807, 2.05) is 18.3 Å². The van der Waals surface area contributed by atoms with Crippen LogP contribution in [0.15, 0.2) is 36.8 Å². The number of hydrogen-bond acceptors (Lipinski definition) is 6. The summed E-state index contributed by atoms with van der Waals surface area (Å²) in [5, 5.41) is 5.82. The molecule has 1 aliphatic carbocycles. The van der Waals surface area contributed by atoms with Gasteiger partial charge in [-0.05, 0) is 31.4 Å². The number of rotatable bonds is 4. The van der Waals surface area contributed by atoms with Crippen molar-refractivity contribution >= 4 is 22.5 Å². The normalized spacial score (nSPS) is 18.6. The van der Waals surface area contributed by atoms with Crippen LogP contribution in [0.4, 0.5) is 11.5 Å². The van der Waals surface area contributed by atoms with Gasteiger partial charge in [0.15, 0.2) is 5.65 Å². The van der Waals surface area contributed by atoms with Crippen molar-refractivity contribution in [2.75, 3.05) is 43.1 Å². The maximum atomic E-state index is 5.58. The van der Waals surface area contributed by atoms with Crippen molar-refractivity contribution in [3.63, 3.8) is 0 Å². The van der Waals surface area contributed by atoms with Crippen LogP contribution in [0.25, 0.3) is 11.0 Å². The summed E-state index contributed by atoms with van der Waals surface area (Å²) in [6.07, 6.45) is 11.1. The Morgan fingerprint density at radius 2 is 1.70 bits per heavy atom. The van der Waals surface area contributed by atoms with Gasteiger partial charge in [0, 0.05) is 26.2 Å². The Kier molecular flexibility index (Phi) is 5.43. The van der Waals surface area contributed by atoms with Crippen molar-refractivity contribution in [2.24, 2.45) is 0 Å². The van der Waals surface area contributed by atoms with E-state index in [1.165, 1.54) is 37.8 Å². The topological polar surface area (TPSA) is 59.3 Å². The zero-order chi connectivity index (χ0) is 20.3. The Bertz CT molecular complexity index is 996. The second kappa shape index (κ2) is 8.50. The Morgan fingerprint density at radius 1 is 0.900 bits per heavy atom. The average molecular weight is 407 g/mol. The minimum absolute atomic E-state index is 0.476. The Morgan fingerprint density at radius 3 is 2.57 bits per heavy atom. The smallest absolute Gasteiger partial charge is 0.163 e. The highest BCUT2D eigenvalue weighted by Crippen LogP contribution is 2.33. The van der Waals surface area contributed by atoms with Gasteiger partial charge in [-0.25, -0.2) is 14.6 Å². The molecule has 7 nitrogen and oxygen atoms in total. The highest BCUT2D eigenvalue weighted by Gasteiger charge is 2.23. The molecule has 0 unspecified atom stereocenters. The summed E-state index contributed by atoms with van der Waals surface area (Å²) in [6, 6.07) is 8.75. The third-order valence-corrected chi connectivity index (χ3v) is 6.51. The Balaban J connectivity index is 1.39. The lowest BCUT2D eigenvalue weighted by Crippen LogP contribution is -2.31. The molecule has 0 atom stereocenters. The van der Waals surface area contributed by atoms with Crippen LogP contribution in [0, 0.1) is 0 Å². The van der Waals surface area contributed by atoms with E-state index in [4.69, 9.17) is 9.84 Å². The van der Waals surface area contributed by atoms with E-state index < -0.39 is 0 Å². The summed E-state index contributed by atoms with van der Waals surface area (Å²) in [7, 11) is 1.74. The number of para-hydroxylation sites is 2. The molecule has 1 saturated heterocycles. The fourth-order valence-electron chi connectivity index (χ4n) is 4.96. The quantitative estimate of drug-likeness (QED) is 0.651. The van der Waals surface area contributed by atoms with Gasteiger partial charge in [-0.15, -0.1) is 0 Å². The van der Waals surface area contributed by atoms with Gasteiger partial charge < -0.3 is 14.5 Å². The first-order valence-electron chi connectivity index (χ1n) is 11.2. The Labute approximate surface area is 177 Å². The molecule has 2 fully saturated rings. The first-order chi connectivity index (χ1) is 14.8. The van der Waals surface area contributed by atoms with Gasteiger partial charge in [0.25, 0.3) is 0 Å². The molecule has 0 amide bonds. The van der Waals surface area contributed by atoms with Crippen LogP contribution in [0.1, 0.15) is 44.6 Å². The van der Waals surface area contributed by atoms with Crippen LogP contribution in [0.3, 0.4) is 0 Å². The van der Waals surface area contributed by atoms with Crippen molar-refractivity contribution in [1.82, 2.24) is 19.7 Å². The first-order valence-corrected chi connectivity index (χ1v) is 11.2. The number of hydrogen-bond donors (Lipinski definition) is 0. The SMILES string of the molecule is COc1ccccc1N1CCCN(c2ncnc3c2cnn3C2CCCCC2)CC1. The van der Waals surface area contributed by atoms with Crippen LogP contribution in [0.2, 0.25) is 0 Å². The van der Waals surface area contributed by atoms with E-state index in [0.717, 1.165) is 55.2 Å². The number of aromatic nitrogens is 4. The van der Waals surface area contributed by atoms with Crippen LogP contribution in [-0.2, 0) is 0 Å². The average Bonchev–Trinajstić information content (AvgIpc) is 3.10. The molecule has 7 heteroatoms. The van der Waals surface area contributed by atoms with E-state index in [1.54, 1.807) is 13.4 Å². The highest BCUT2D eigenvalue weighted by atomic mass is 16.5. The molecule has 3 heterocycles. The minimum Gasteiger partial charge on any atom is -0.495 e. The summed E-state index contributed by atoms with van der Waals surface area (Å²) in [4.78, 5) is 14.1. The largest absolute Gasteiger partial charge is 0.495 e. The molecule has 158 valence electrons. The van der Waals surface area contributed by atoms with Crippen molar-refractivity contribution in [2.45, 2.75) is 44.6 Å². The van der Waals surface area contributed by atoms with Crippen LogP contribution in [-0.4, -0.2) is 53.0 Å². The van der Waals surface area contributed by atoms with Gasteiger partial charge in [0.05, 0.1) is 30.4 Å². The molecule has 30 heavy (non-hydrogen) atoms. The van der Waals surface area contributed by atoms with Crippen molar-refractivity contribution in [3.05, 3.63) is 36.8 Å². The molecule has 0 spiro atoms. The molecule has 2 aliphatic rings. The van der Waals surface area contributed by atoms with E-state index in [-0.39, 0.29) is 0 Å². The third-order valence-electron chi connectivity index (χ3n) is 6.51. The zero-order valence-corrected chi connectivity index (χ0v) is 17.7. The first kappa shape index (κ1) is 19.2. The highest BCUT2D eigenvalue weighted by molar-refractivity contribution is 5.86. The predicted molar refractivity (Wildman–Crippen MR) is 119 cm³/mol. The second-order valence-corrected chi connectivity index (χ2v) is 8.32. The molecule has 1 aromatic carbocycles. The number of benzene rings is 1. The lowest BCUT2D eigenvalue weighted by atomic mass is 9.96. The Hall–Kier alpha value is -2.83.